The number of benzene rings is 1. The van der Waals surface area contributed by atoms with Crippen LogP contribution in [-0.2, 0) is 16.0 Å². The van der Waals surface area contributed by atoms with E-state index in [0.29, 0.717) is 5.92 Å². The summed E-state index contributed by atoms with van der Waals surface area (Å²) in [5.41, 5.74) is 10.7. The lowest BCUT2D eigenvalue weighted by atomic mass is 9.86. The van der Waals surface area contributed by atoms with E-state index in [1.54, 1.807) is 12.3 Å². The molecule has 1 aliphatic heterocycles. The average Bonchev–Trinajstić information content (AvgIpc) is 2.68. The third-order valence-corrected chi connectivity index (χ3v) is 4.95. The number of rotatable bonds is 5. The van der Waals surface area contributed by atoms with Crippen LogP contribution in [0.1, 0.15) is 40.2 Å². The van der Waals surface area contributed by atoms with Crippen LogP contribution in [0.15, 0.2) is 30.5 Å². The van der Waals surface area contributed by atoms with Crippen LogP contribution in [0.3, 0.4) is 0 Å². The molecule has 6 heteroatoms. The van der Waals surface area contributed by atoms with Gasteiger partial charge in [-0.3, -0.25) is 0 Å². The second kappa shape index (κ2) is 8.50. The molecule has 144 valence electrons. The van der Waals surface area contributed by atoms with Gasteiger partial charge in [0.05, 0.1) is 7.11 Å². The van der Waals surface area contributed by atoms with Crippen molar-refractivity contribution in [2.75, 3.05) is 40.2 Å². The maximum absolute atomic E-state index is 11.9. The molecule has 0 aliphatic carbocycles. The van der Waals surface area contributed by atoms with Crippen LogP contribution in [-0.4, -0.2) is 50.3 Å². The standard InChI is InChI=1S/C21H27N3O3/c1-24(2)13-17-10-15(4-5-18(17)14-6-8-27-9-7-14)16-11-19(21(25)26-3)20(22)23-12-16/h4-5,10-12,14H,6-9,13H2,1-3H3,(H2,22,23). The molecule has 1 aromatic carbocycles. The molecule has 1 saturated heterocycles. The predicted molar refractivity (Wildman–Crippen MR) is 106 cm³/mol. The molecule has 0 atom stereocenters. The first-order valence-corrected chi connectivity index (χ1v) is 9.19. The van der Waals surface area contributed by atoms with Gasteiger partial charge < -0.3 is 20.1 Å². The molecule has 0 saturated carbocycles. The van der Waals surface area contributed by atoms with Crippen molar-refractivity contribution in [2.45, 2.75) is 25.3 Å². The third kappa shape index (κ3) is 4.46. The van der Waals surface area contributed by atoms with Gasteiger partial charge in [-0.25, -0.2) is 9.78 Å². The van der Waals surface area contributed by atoms with Crippen LogP contribution in [0.25, 0.3) is 11.1 Å². The number of nitrogens with two attached hydrogens (primary N) is 1. The molecule has 1 fully saturated rings. The fourth-order valence-corrected chi connectivity index (χ4v) is 3.58. The minimum Gasteiger partial charge on any atom is -0.465 e. The molecule has 1 aromatic heterocycles. The monoisotopic (exact) mass is 369 g/mol. The largest absolute Gasteiger partial charge is 0.465 e. The molecule has 3 rings (SSSR count). The van der Waals surface area contributed by atoms with E-state index in [2.05, 4.69) is 42.2 Å². The Hall–Kier alpha value is -2.44. The molecular formula is C21H27N3O3. The number of hydrogen-bond acceptors (Lipinski definition) is 6. The van der Waals surface area contributed by atoms with Crippen molar-refractivity contribution in [3.8, 4) is 11.1 Å². The zero-order valence-corrected chi connectivity index (χ0v) is 16.2. The number of nitrogen functional groups attached to an aromatic ring is 1. The van der Waals surface area contributed by atoms with E-state index >= 15 is 0 Å². The summed E-state index contributed by atoms with van der Waals surface area (Å²) >= 11 is 0. The van der Waals surface area contributed by atoms with Crippen molar-refractivity contribution in [3.63, 3.8) is 0 Å². The number of carbonyl (C=O) groups excluding carboxylic acids is 1. The topological polar surface area (TPSA) is 77.7 Å². The average molecular weight is 369 g/mol. The van der Waals surface area contributed by atoms with Crippen molar-refractivity contribution in [2.24, 2.45) is 0 Å². The first kappa shape index (κ1) is 19.3. The van der Waals surface area contributed by atoms with Gasteiger partial charge in [0.15, 0.2) is 0 Å². The number of ether oxygens (including phenoxy) is 2. The Kier molecular flexibility index (Phi) is 6.08. The van der Waals surface area contributed by atoms with Crippen molar-refractivity contribution in [1.29, 1.82) is 0 Å². The lowest BCUT2D eigenvalue weighted by Crippen LogP contribution is -2.18. The Morgan fingerprint density at radius 2 is 2.00 bits per heavy atom. The summed E-state index contributed by atoms with van der Waals surface area (Å²) in [5.74, 6) is 0.227. The van der Waals surface area contributed by atoms with Gasteiger partial charge in [0.1, 0.15) is 11.4 Å². The van der Waals surface area contributed by atoms with Gasteiger partial charge in [0.25, 0.3) is 0 Å². The Balaban J connectivity index is 2.00. The van der Waals surface area contributed by atoms with Crippen LogP contribution in [0.4, 0.5) is 5.82 Å². The smallest absolute Gasteiger partial charge is 0.341 e. The Morgan fingerprint density at radius 1 is 1.26 bits per heavy atom. The summed E-state index contributed by atoms with van der Waals surface area (Å²) in [6.45, 7) is 2.49. The molecule has 6 nitrogen and oxygen atoms in total. The van der Waals surface area contributed by atoms with Crippen molar-refractivity contribution < 1.29 is 14.3 Å². The minimum absolute atomic E-state index is 0.179. The molecule has 0 bridgehead atoms. The van der Waals surface area contributed by atoms with E-state index < -0.39 is 5.97 Å². The van der Waals surface area contributed by atoms with E-state index in [1.807, 2.05) is 0 Å². The summed E-state index contributed by atoms with van der Waals surface area (Å²) in [4.78, 5) is 18.3. The van der Waals surface area contributed by atoms with E-state index in [4.69, 9.17) is 15.2 Å². The first-order valence-electron chi connectivity index (χ1n) is 9.19. The van der Waals surface area contributed by atoms with E-state index in [-0.39, 0.29) is 11.4 Å². The Bertz CT molecular complexity index is 814. The summed E-state index contributed by atoms with van der Waals surface area (Å²) < 4.78 is 10.3. The number of carbonyl (C=O) groups is 1. The third-order valence-electron chi connectivity index (χ3n) is 4.95. The van der Waals surface area contributed by atoms with Gasteiger partial charge in [-0.05, 0) is 61.7 Å². The van der Waals surface area contributed by atoms with Crippen LogP contribution in [0, 0.1) is 0 Å². The lowest BCUT2D eigenvalue weighted by Gasteiger charge is -2.26. The highest BCUT2D eigenvalue weighted by Gasteiger charge is 2.20. The fourth-order valence-electron chi connectivity index (χ4n) is 3.58. The molecule has 2 N–H and O–H groups in total. The van der Waals surface area contributed by atoms with Gasteiger partial charge >= 0.3 is 5.97 Å². The van der Waals surface area contributed by atoms with Crippen molar-refractivity contribution in [3.05, 3.63) is 47.2 Å². The number of esters is 1. The zero-order valence-electron chi connectivity index (χ0n) is 16.2. The summed E-state index contributed by atoms with van der Waals surface area (Å²) in [6.07, 6.45) is 3.80. The van der Waals surface area contributed by atoms with Crippen LogP contribution < -0.4 is 5.73 Å². The molecular weight excluding hydrogens is 342 g/mol. The maximum atomic E-state index is 11.9. The number of pyridine rings is 1. The van der Waals surface area contributed by atoms with Gasteiger partial charge in [-0.1, -0.05) is 12.1 Å². The lowest BCUT2D eigenvalue weighted by molar-refractivity contribution is 0.0601. The van der Waals surface area contributed by atoms with E-state index in [1.165, 1.54) is 18.2 Å². The number of hydrogen-bond donors (Lipinski definition) is 1. The van der Waals surface area contributed by atoms with Gasteiger partial charge in [0.2, 0.25) is 0 Å². The molecule has 1 aliphatic rings. The summed E-state index contributed by atoms with van der Waals surface area (Å²) in [6, 6.07) is 8.24. The molecule has 0 radical (unpaired) electrons. The number of aromatic nitrogens is 1. The Labute approximate surface area is 160 Å². The normalized spacial score (nSPS) is 15.1. The van der Waals surface area contributed by atoms with Crippen LogP contribution >= 0.6 is 0 Å². The van der Waals surface area contributed by atoms with Crippen molar-refractivity contribution in [1.82, 2.24) is 9.88 Å². The molecule has 0 amide bonds. The first-order chi connectivity index (χ1) is 13.0. The molecule has 0 unspecified atom stereocenters. The quantitative estimate of drug-likeness (QED) is 0.816. The second-order valence-corrected chi connectivity index (χ2v) is 7.19. The highest BCUT2D eigenvalue weighted by Crippen LogP contribution is 2.33. The highest BCUT2D eigenvalue weighted by atomic mass is 16.5. The molecule has 2 aromatic rings. The van der Waals surface area contributed by atoms with Crippen molar-refractivity contribution >= 4 is 11.8 Å². The van der Waals surface area contributed by atoms with Gasteiger partial charge in [-0.2, -0.15) is 0 Å². The molecule has 2 heterocycles. The SMILES string of the molecule is COC(=O)c1cc(-c2ccc(C3CCOCC3)c(CN(C)C)c2)cnc1N. The second-order valence-electron chi connectivity index (χ2n) is 7.19. The predicted octanol–water partition coefficient (Wildman–Crippen LogP) is 3.07. The number of methoxy groups -OCH3 is 1. The summed E-state index contributed by atoms with van der Waals surface area (Å²) in [7, 11) is 5.48. The number of nitrogens with zero attached hydrogens (tertiary/aromatic N) is 2. The summed E-state index contributed by atoms with van der Waals surface area (Å²) in [5, 5.41) is 0. The van der Waals surface area contributed by atoms with E-state index in [0.717, 1.165) is 43.7 Å². The number of anilines is 1. The van der Waals surface area contributed by atoms with Crippen LogP contribution in [0.2, 0.25) is 0 Å². The Morgan fingerprint density at radius 3 is 2.67 bits per heavy atom. The maximum Gasteiger partial charge on any atom is 0.341 e. The highest BCUT2D eigenvalue weighted by molar-refractivity contribution is 5.95. The molecule has 27 heavy (non-hydrogen) atoms. The van der Waals surface area contributed by atoms with Crippen LogP contribution in [0.5, 0.6) is 0 Å². The van der Waals surface area contributed by atoms with Gasteiger partial charge in [-0.15, -0.1) is 0 Å². The fraction of sp³-hybridized carbons (Fsp3) is 0.429. The minimum atomic E-state index is -0.478. The van der Waals surface area contributed by atoms with E-state index in [9.17, 15) is 4.79 Å². The van der Waals surface area contributed by atoms with Gasteiger partial charge in [0, 0.05) is 31.5 Å². The zero-order chi connectivity index (χ0) is 19.4. The molecule has 0 spiro atoms.